The maximum atomic E-state index is 12.6. The quantitative estimate of drug-likeness (QED) is 0.799. The number of hydrogen-bond acceptors (Lipinski definition) is 3. The third-order valence-electron chi connectivity index (χ3n) is 5.50. The van der Waals surface area contributed by atoms with E-state index < -0.39 is 0 Å². The van der Waals surface area contributed by atoms with Gasteiger partial charge in [0, 0.05) is 43.3 Å². The molecule has 0 bridgehead atoms. The van der Waals surface area contributed by atoms with E-state index in [-0.39, 0.29) is 11.8 Å². The lowest BCUT2D eigenvalue weighted by Gasteiger charge is -2.24. The first-order chi connectivity index (χ1) is 13.5. The lowest BCUT2D eigenvalue weighted by Crippen LogP contribution is -2.33. The molecule has 150 valence electrons. The summed E-state index contributed by atoms with van der Waals surface area (Å²) in [6, 6.07) is 11.6. The summed E-state index contributed by atoms with van der Waals surface area (Å²) in [5.74, 6) is -0.00530. The molecule has 1 fully saturated rings. The number of rotatable bonds is 7. The third-order valence-corrected chi connectivity index (χ3v) is 5.50. The van der Waals surface area contributed by atoms with Crippen molar-refractivity contribution >= 4 is 17.5 Å². The predicted molar refractivity (Wildman–Crippen MR) is 111 cm³/mol. The van der Waals surface area contributed by atoms with Gasteiger partial charge < -0.3 is 14.8 Å². The normalized spacial score (nSPS) is 16.9. The van der Waals surface area contributed by atoms with Crippen LogP contribution in [0.2, 0.25) is 0 Å². The van der Waals surface area contributed by atoms with Gasteiger partial charge in [0.2, 0.25) is 5.91 Å². The zero-order valence-electron chi connectivity index (χ0n) is 17.0. The topological polar surface area (TPSA) is 57.6 Å². The summed E-state index contributed by atoms with van der Waals surface area (Å²) >= 11 is 0. The van der Waals surface area contributed by atoms with E-state index in [1.165, 1.54) is 5.69 Å². The van der Waals surface area contributed by atoms with Crippen LogP contribution in [-0.4, -0.2) is 52.4 Å². The summed E-state index contributed by atoms with van der Waals surface area (Å²) in [6.07, 6.45) is 4.23. The molecule has 1 aromatic heterocycles. The van der Waals surface area contributed by atoms with Gasteiger partial charge in [0.05, 0.1) is 12.6 Å². The molecule has 2 amide bonds. The summed E-state index contributed by atoms with van der Waals surface area (Å²) in [4.78, 5) is 29.0. The monoisotopic (exact) mass is 382 g/mol. The first kappa shape index (κ1) is 20.1. The number of aryl methyl sites for hydroxylation is 1. The second kappa shape index (κ2) is 9.06. The Labute approximate surface area is 167 Å². The number of anilines is 1. The number of nitrogens with one attached hydrogen (secondary N) is 1. The summed E-state index contributed by atoms with van der Waals surface area (Å²) < 4.78 is 2.13. The highest BCUT2D eigenvalue weighted by Crippen LogP contribution is 2.31. The van der Waals surface area contributed by atoms with Gasteiger partial charge in [-0.2, -0.15) is 0 Å². The number of amides is 2. The average Bonchev–Trinajstić information content (AvgIpc) is 3.31. The van der Waals surface area contributed by atoms with Crippen LogP contribution in [0.25, 0.3) is 0 Å². The Kier molecular flexibility index (Phi) is 6.52. The summed E-state index contributed by atoms with van der Waals surface area (Å²) in [6.45, 7) is 6.61. The van der Waals surface area contributed by atoms with Gasteiger partial charge in [0.1, 0.15) is 0 Å². The highest BCUT2D eigenvalue weighted by atomic mass is 16.2. The smallest absolute Gasteiger partial charge is 0.253 e. The van der Waals surface area contributed by atoms with E-state index in [9.17, 15) is 9.59 Å². The molecule has 0 aliphatic carbocycles. The van der Waals surface area contributed by atoms with E-state index in [4.69, 9.17) is 0 Å². The van der Waals surface area contributed by atoms with Crippen molar-refractivity contribution in [3.05, 3.63) is 53.9 Å². The minimum atomic E-state index is -0.0241. The molecule has 6 heteroatoms. The highest BCUT2D eigenvalue weighted by Gasteiger charge is 2.28. The average molecular weight is 383 g/mol. The number of likely N-dealkylation sites (tertiary alicyclic amines) is 1. The largest absolute Gasteiger partial charge is 0.353 e. The Balaban J connectivity index is 1.59. The zero-order chi connectivity index (χ0) is 20.1. The molecule has 1 saturated heterocycles. The zero-order valence-corrected chi connectivity index (χ0v) is 17.0. The third kappa shape index (κ3) is 4.44. The van der Waals surface area contributed by atoms with Gasteiger partial charge in [0.15, 0.2) is 0 Å². The Morgan fingerprint density at radius 1 is 1.14 bits per heavy atom. The maximum Gasteiger partial charge on any atom is 0.253 e. The molecule has 2 heterocycles. The van der Waals surface area contributed by atoms with Crippen LogP contribution in [0.3, 0.4) is 0 Å². The lowest BCUT2D eigenvalue weighted by molar-refractivity contribution is -0.117. The molecule has 6 nitrogen and oxygen atoms in total. The summed E-state index contributed by atoms with van der Waals surface area (Å²) in [5.41, 5.74) is 2.62. The minimum absolute atomic E-state index is 0.0188. The van der Waals surface area contributed by atoms with Crippen LogP contribution >= 0.6 is 0 Å². The van der Waals surface area contributed by atoms with Crippen molar-refractivity contribution in [2.24, 2.45) is 7.05 Å². The molecule has 0 unspecified atom stereocenters. The van der Waals surface area contributed by atoms with Gasteiger partial charge in [-0.05, 0) is 69.6 Å². The van der Waals surface area contributed by atoms with Gasteiger partial charge in [-0.25, -0.2) is 0 Å². The molecule has 28 heavy (non-hydrogen) atoms. The van der Waals surface area contributed by atoms with Crippen LogP contribution in [0, 0.1) is 0 Å². The molecule has 1 aliphatic rings. The number of hydrogen-bond donors (Lipinski definition) is 1. The molecule has 0 radical (unpaired) electrons. The fourth-order valence-corrected chi connectivity index (χ4v) is 3.95. The van der Waals surface area contributed by atoms with Crippen molar-refractivity contribution in [1.29, 1.82) is 0 Å². The van der Waals surface area contributed by atoms with Gasteiger partial charge in [-0.1, -0.05) is 0 Å². The summed E-state index contributed by atoms with van der Waals surface area (Å²) in [7, 11) is 2.05. The number of carbonyl (C=O) groups is 2. The molecule has 0 saturated carbocycles. The Morgan fingerprint density at radius 2 is 1.86 bits per heavy atom. The SMILES string of the molecule is CCN(CC)C(=O)c1ccc(NC(=O)CN2CCC[C@H]2c2cccn2C)cc1. The van der Waals surface area contributed by atoms with Crippen molar-refractivity contribution in [3.63, 3.8) is 0 Å². The molecular weight excluding hydrogens is 352 g/mol. The van der Waals surface area contributed by atoms with E-state index in [2.05, 4.69) is 20.9 Å². The molecule has 0 spiro atoms. The van der Waals surface area contributed by atoms with E-state index >= 15 is 0 Å². The standard InChI is InChI=1S/C22H30N4O2/c1-4-25(5-2)22(28)17-10-12-18(13-11-17)23-21(27)16-26-15-7-9-20(26)19-8-6-14-24(19)3/h6,8,10-14,20H,4-5,7,9,15-16H2,1-3H3,(H,23,27)/t20-/m0/s1. The van der Waals surface area contributed by atoms with E-state index in [0.717, 1.165) is 25.1 Å². The number of nitrogens with zero attached hydrogens (tertiary/aromatic N) is 3. The maximum absolute atomic E-state index is 12.6. The van der Waals surface area contributed by atoms with Crippen molar-refractivity contribution < 1.29 is 9.59 Å². The van der Waals surface area contributed by atoms with E-state index in [1.807, 2.05) is 33.2 Å². The predicted octanol–water partition coefficient (Wildman–Crippen LogP) is 3.28. The van der Waals surface area contributed by atoms with Crippen molar-refractivity contribution in [3.8, 4) is 0 Å². The summed E-state index contributed by atoms with van der Waals surface area (Å²) in [5, 5.41) is 2.96. The van der Waals surface area contributed by atoms with E-state index in [1.54, 1.807) is 29.2 Å². The minimum Gasteiger partial charge on any atom is -0.353 e. The van der Waals surface area contributed by atoms with Crippen LogP contribution in [0.1, 0.15) is 48.8 Å². The van der Waals surface area contributed by atoms with Gasteiger partial charge in [0.25, 0.3) is 5.91 Å². The molecule has 1 aromatic carbocycles. The molecular formula is C22H30N4O2. The number of aromatic nitrogens is 1. The van der Waals surface area contributed by atoms with Crippen molar-refractivity contribution in [2.45, 2.75) is 32.7 Å². The molecule has 1 N–H and O–H groups in total. The van der Waals surface area contributed by atoms with Crippen LogP contribution < -0.4 is 5.32 Å². The van der Waals surface area contributed by atoms with E-state index in [0.29, 0.717) is 31.2 Å². The first-order valence-corrected chi connectivity index (χ1v) is 10.1. The van der Waals surface area contributed by atoms with Crippen LogP contribution in [0.15, 0.2) is 42.6 Å². The highest BCUT2D eigenvalue weighted by molar-refractivity contribution is 5.96. The fraction of sp³-hybridized carbons (Fsp3) is 0.455. The number of carbonyl (C=O) groups excluding carboxylic acids is 2. The van der Waals surface area contributed by atoms with Crippen molar-refractivity contribution in [1.82, 2.24) is 14.4 Å². The molecule has 1 atom stereocenters. The first-order valence-electron chi connectivity index (χ1n) is 10.1. The molecule has 1 aliphatic heterocycles. The second-order valence-electron chi connectivity index (χ2n) is 7.28. The van der Waals surface area contributed by atoms with Gasteiger partial charge >= 0.3 is 0 Å². The Morgan fingerprint density at radius 3 is 2.46 bits per heavy atom. The van der Waals surface area contributed by atoms with Gasteiger partial charge in [-0.3, -0.25) is 14.5 Å². The van der Waals surface area contributed by atoms with Crippen LogP contribution in [0.5, 0.6) is 0 Å². The Hall–Kier alpha value is -2.60. The fourth-order valence-electron chi connectivity index (χ4n) is 3.95. The Bertz CT molecular complexity index is 808. The van der Waals surface area contributed by atoms with Crippen LogP contribution in [0.4, 0.5) is 5.69 Å². The van der Waals surface area contributed by atoms with Crippen molar-refractivity contribution in [2.75, 3.05) is 31.5 Å². The lowest BCUT2D eigenvalue weighted by atomic mass is 10.1. The molecule has 3 rings (SSSR count). The molecule has 2 aromatic rings. The number of benzene rings is 1. The van der Waals surface area contributed by atoms with Crippen LogP contribution in [-0.2, 0) is 11.8 Å². The van der Waals surface area contributed by atoms with Gasteiger partial charge in [-0.15, -0.1) is 0 Å². The second-order valence-corrected chi connectivity index (χ2v) is 7.28.